The van der Waals surface area contributed by atoms with Crippen molar-refractivity contribution < 1.29 is 27.0 Å². The number of halogens is 4. The molecule has 2 heterocycles. The lowest BCUT2D eigenvalue weighted by molar-refractivity contribution is -0.137. The van der Waals surface area contributed by atoms with Gasteiger partial charge in [0, 0.05) is 37.9 Å². The van der Waals surface area contributed by atoms with Crippen molar-refractivity contribution in [3.8, 4) is 5.75 Å². The van der Waals surface area contributed by atoms with Crippen LogP contribution < -0.4 is 15.4 Å². The van der Waals surface area contributed by atoms with Gasteiger partial charge in [-0.25, -0.2) is 9.37 Å². The molecule has 7 nitrogen and oxygen atoms in total. The van der Waals surface area contributed by atoms with E-state index in [0.717, 1.165) is 0 Å². The Morgan fingerprint density at radius 2 is 1.97 bits per heavy atom. The Balaban J connectivity index is 1.85. The summed E-state index contributed by atoms with van der Waals surface area (Å²) in [5, 5.41) is 5.32. The van der Waals surface area contributed by atoms with Gasteiger partial charge in [-0.3, -0.25) is 4.90 Å². The zero-order chi connectivity index (χ0) is 21.7. The highest BCUT2D eigenvalue weighted by Crippen LogP contribution is 2.36. The van der Waals surface area contributed by atoms with Crippen molar-refractivity contribution in [2.45, 2.75) is 19.6 Å². The first kappa shape index (κ1) is 22.0. The van der Waals surface area contributed by atoms with E-state index < -0.39 is 17.6 Å². The molecule has 0 bridgehead atoms. The molecule has 1 saturated heterocycles. The average molecular weight is 429 g/mol. The molecule has 0 saturated carbocycles. The average Bonchev–Trinajstić information content (AvgIpc) is 2.71. The zero-order valence-electron chi connectivity index (χ0n) is 16.6. The Kier molecular flexibility index (Phi) is 6.93. The van der Waals surface area contributed by atoms with E-state index in [4.69, 9.17) is 9.47 Å². The second-order valence-electron chi connectivity index (χ2n) is 6.62. The molecule has 30 heavy (non-hydrogen) atoms. The standard InChI is InChI=1S/C19H23F4N5O2/c1-3-24-17-13(19(21,22)23)10-25-18(27-17)26-14-5-4-12(15(20)16(14)29-2)11-28-6-8-30-9-7-28/h4-5,10H,3,6-9,11H2,1-2H3,(H2,24,25,26,27). The number of anilines is 3. The van der Waals surface area contributed by atoms with Gasteiger partial charge in [0.25, 0.3) is 0 Å². The van der Waals surface area contributed by atoms with Gasteiger partial charge in [0.15, 0.2) is 11.6 Å². The van der Waals surface area contributed by atoms with Crippen LogP contribution in [0.15, 0.2) is 18.3 Å². The minimum absolute atomic E-state index is 0.0609. The third-order valence-electron chi connectivity index (χ3n) is 4.56. The summed E-state index contributed by atoms with van der Waals surface area (Å²) in [5.74, 6) is -1.08. The van der Waals surface area contributed by atoms with Gasteiger partial charge in [-0.05, 0) is 13.0 Å². The molecule has 0 spiro atoms. The van der Waals surface area contributed by atoms with E-state index in [1.54, 1.807) is 19.1 Å². The van der Waals surface area contributed by atoms with Crippen LogP contribution in [0.5, 0.6) is 5.75 Å². The van der Waals surface area contributed by atoms with Gasteiger partial charge in [-0.2, -0.15) is 18.2 Å². The van der Waals surface area contributed by atoms with Crippen LogP contribution in [0.25, 0.3) is 0 Å². The maximum atomic E-state index is 15.0. The fourth-order valence-corrected chi connectivity index (χ4v) is 3.09. The Hall–Kier alpha value is -2.66. The van der Waals surface area contributed by atoms with E-state index in [1.165, 1.54) is 7.11 Å². The third kappa shape index (κ3) is 5.08. The maximum absolute atomic E-state index is 15.0. The second kappa shape index (κ2) is 9.43. The number of methoxy groups -OCH3 is 1. The molecular formula is C19H23F4N5O2. The van der Waals surface area contributed by atoms with Crippen molar-refractivity contribution in [3.63, 3.8) is 0 Å². The number of hydrogen-bond acceptors (Lipinski definition) is 7. The quantitative estimate of drug-likeness (QED) is 0.651. The minimum Gasteiger partial charge on any atom is -0.492 e. The van der Waals surface area contributed by atoms with Gasteiger partial charge in [0.2, 0.25) is 5.95 Å². The molecule has 1 aromatic heterocycles. The molecule has 3 rings (SSSR count). The summed E-state index contributed by atoms with van der Waals surface area (Å²) >= 11 is 0. The fourth-order valence-electron chi connectivity index (χ4n) is 3.09. The summed E-state index contributed by atoms with van der Waals surface area (Å²) in [4.78, 5) is 9.68. The number of hydrogen-bond donors (Lipinski definition) is 2. The summed E-state index contributed by atoms with van der Waals surface area (Å²) in [7, 11) is 1.32. The van der Waals surface area contributed by atoms with Crippen molar-refractivity contribution in [2.24, 2.45) is 0 Å². The summed E-state index contributed by atoms with van der Waals surface area (Å²) in [6, 6.07) is 3.19. The first-order valence-electron chi connectivity index (χ1n) is 9.44. The van der Waals surface area contributed by atoms with Crippen molar-refractivity contribution in [1.29, 1.82) is 0 Å². The Labute approximate surface area is 171 Å². The predicted molar refractivity (Wildman–Crippen MR) is 104 cm³/mol. The van der Waals surface area contributed by atoms with Crippen molar-refractivity contribution in [1.82, 2.24) is 14.9 Å². The highest BCUT2D eigenvalue weighted by Gasteiger charge is 2.35. The van der Waals surface area contributed by atoms with Crippen LogP contribution in [0.2, 0.25) is 0 Å². The topological polar surface area (TPSA) is 71.5 Å². The van der Waals surface area contributed by atoms with Gasteiger partial charge in [0.1, 0.15) is 11.4 Å². The van der Waals surface area contributed by atoms with E-state index in [2.05, 4.69) is 25.5 Å². The summed E-state index contributed by atoms with van der Waals surface area (Å²) in [6.45, 7) is 4.89. The van der Waals surface area contributed by atoms with Crippen LogP contribution in [0.1, 0.15) is 18.1 Å². The van der Waals surface area contributed by atoms with Gasteiger partial charge in [-0.1, -0.05) is 6.07 Å². The number of rotatable bonds is 7. The molecule has 1 aromatic carbocycles. The molecule has 164 valence electrons. The van der Waals surface area contributed by atoms with Gasteiger partial charge in [0.05, 0.1) is 26.0 Å². The molecule has 2 aromatic rings. The largest absolute Gasteiger partial charge is 0.492 e. The molecule has 1 aliphatic heterocycles. The zero-order valence-corrected chi connectivity index (χ0v) is 16.6. The lowest BCUT2D eigenvalue weighted by Crippen LogP contribution is -2.35. The van der Waals surface area contributed by atoms with Crippen LogP contribution in [0.4, 0.5) is 35.0 Å². The molecule has 0 radical (unpaired) electrons. The first-order chi connectivity index (χ1) is 14.3. The molecule has 0 amide bonds. The normalized spacial score (nSPS) is 15.1. The molecule has 1 aliphatic rings. The lowest BCUT2D eigenvalue weighted by atomic mass is 10.1. The summed E-state index contributed by atoms with van der Waals surface area (Å²) in [5.41, 5.74) is -0.321. The van der Waals surface area contributed by atoms with Crippen LogP contribution >= 0.6 is 0 Å². The molecule has 0 aliphatic carbocycles. The highest BCUT2D eigenvalue weighted by atomic mass is 19.4. The molecule has 0 unspecified atom stereocenters. The third-order valence-corrected chi connectivity index (χ3v) is 4.56. The van der Waals surface area contributed by atoms with Crippen LogP contribution in [0.3, 0.4) is 0 Å². The van der Waals surface area contributed by atoms with Crippen molar-refractivity contribution in [2.75, 3.05) is 50.6 Å². The monoisotopic (exact) mass is 429 g/mol. The fraction of sp³-hybridized carbons (Fsp3) is 0.474. The van der Waals surface area contributed by atoms with Gasteiger partial charge >= 0.3 is 6.18 Å². The number of nitrogens with one attached hydrogen (secondary N) is 2. The van der Waals surface area contributed by atoms with Crippen molar-refractivity contribution in [3.05, 3.63) is 35.3 Å². The molecule has 2 N–H and O–H groups in total. The van der Waals surface area contributed by atoms with E-state index in [1.807, 2.05) is 0 Å². The number of aromatic nitrogens is 2. The van der Waals surface area contributed by atoms with Crippen molar-refractivity contribution >= 4 is 17.5 Å². The van der Waals surface area contributed by atoms with E-state index >= 15 is 0 Å². The number of alkyl halides is 3. The molecular weight excluding hydrogens is 406 g/mol. The Morgan fingerprint density at radius 1 is 1.23 bits per heavy atom. The van der Waals surface area contributed by atoms with Gasteiger partial charge in [-0.15, -0.1) is 0 Å². The first-order valence-corrected chi connectivity index (χ1v) is 9.44. The van der Waals surface area contributed by atoms with Crippen LogP contribution in [0, 0.1) is 5.82 Å². The maximum Gasteiger partial charge on any atom is 0.421 e. The molecule has 0 atom stereocenters. The Morgan fingerprint density at radius 3 is 2.60 bits per heavy atom. The number of morpholine rings is 1. The smallest absolute Gasteiger partial charge is 0.421 e. The predicted octanol–water partition coefficient (Wildman–Crippen LogP) is 3.65. The number of ether oxygens (including phenoxy) is 2. The Bertz CT molecular complexity index is 873. The van der Waals surface area contributed by atoms with Crippen LogP contribution in [-0.4, -0.2) is 54.8 Å². The minimum atomic E-state index is -4.60. The summed E-state index contributed by atoms with van der Waals surface area (Å²) in [6.07, 6.45) is -3.91. The van der Waals surface area contributed by atoms with E-state index in [0.29, 0.717) is 44.6 Å². The molecule has 1 fully saturated rings. The summed E-state index contributed by atoms with van der Waals surface area (Å²) < 4.78 is 64.8. The molecule has 11 heteroatoms. The van der Waals surface area contributed by atoms with Crippen LogP contribution in [-0.2, 0) is 17.5 Å². The van der Waals surface area contributed by atoms with E-state index in [-0.39, 0.29) is 29.7 Å². The van der Waals surface area contributed by atoms with E-state index in [9.17, 15) is 17.6 Å². The highest BCUT2D eigenvalue weighted by molar-refractivity contribution is 5.65. The SMILES string of the molecule is CCNc1nc(Nc2ccc(CN3CCOCC3)c(F)c2OC)ncc1C(F)(F)F. The number of nitrogens with zero attached hydrogens (tertiary/aromatic N) is 3. The van der Waals surface area contributed by atoms with Gasteiger partial charge < -0.3 is 20.1 Å². The number of benzene rings is 1. The second-order valence-corrected chi connectivity index (χ2v) is 6.62. The lowest BCUT2D eigenvalue weighted by Gasteiger charge is -2.27.